The molecule has 2 fully saturated rings. The molecule has 1 spiro atoms. The van der Waals surface area contributed by atoms with Crippen molar-refractivity contribution in [3.63, 3.8) is 0 Å². The molecule has 4 aromatic carbocycles. The Morgan fingerprint density at radius 3 is 1.15 bits per heavy atom. The van der Waals surface area contributed by atoms with Crippen LogP contribution in [0.15, 0.2) is 142 Å². The van der Waals surface area contributed by atoms with Gasteiger partial charge in [0.15, 0.2) is 14.3 Å². The molecule has 6 rings (SSSR count). The molecule has 0 aliphatic heterocycles. The Morgan fingerprint density at radius 1 is 0.522 bits per heavy atom. The SMILES string of the molecule is CC(=C=C1C(C)(C)[C@@]12/C(=C(\C)P(=O)(c1ccc(Br)cc1)c1ccc(Br)cc1)C2(C)C)P(=O)(c1ccc(Br)cc1)c1ccc(Br)cc1. The van der Waals surface area contributed by atoms with Gasteiger partial charge < -0.3 is 9.13 Å². The monoisotopic (exact) mass is 900 g/mol. The summed E-state index contributed by atoms with van der Waals surface area (Å²) < 4.78 is 34.6. The molecule has 2 nitrogen and oxygen atoms in total. The Labute approximate surface area is 306 Å². The first kappa shape index (κ1) is 34.4. The third-order valence-electron chi connectivity index (χ3n) is 10.1. The van der Waals surface area contributed by atoms with Gasteiger partial charge in [-0.3, -0.25) is 0 Å². The second kappa shape index (κ2) is 11.8. The van der Waals surface area contributed by atoms with E-state index in [1.165, 1.54) is 5.57 Å². The summed E-state index contributed by atoms with van der Waals surface area (Å²) in [4.78, 5) is 0. The van der Waals surface area contributed by atoms with Gasteiger partial charge in [-0.1, -0.05) is 91.4 Å². The highest BCUT2D eigenvalue weighted by Crippen LogP contribution is 2.94. The molecule has 0 saturated heterocycles. The number of benzene rings is 4. The van der Waals surface area contributed by atoms with Crippen molar-refractivity contribution in [3.8, 4) is 0 Å². The van der Waals surface area contributed by atoms with E-state index in [-0.39, 0.29) is 16.2 Å². The Balaban J connectivity index is 1.58. The zero-order valence-corrected chi connectivity index (χ0v) is 34.6. The summed E-state index contributed by atoms with van der Waals surface area (Å²) in [5.41, 5.74) is 5.28. The standard InChI is InChI=1S/C38H34Br4O2P2/c1-24(45(43,30-15-7-26(39)8-16-30)31-17-9-27(40)10-18-31)23-34-36(3,4)38(34)35(37(38,5)6)25(2)46(44,32-19-11-28(41)12-20-32)33-21-13-29(42)14-22-33/h7-22H,1-6H3/b35-25+/t23?,38-/m0/s1. The van der Waals surface area contributed by atoms with E-state index in [2.05, 4.69) is 104 Å². The van der Waals surface area contributed by atoms with Crippen LogP contribution in [0.3, 0.4) is 0 Å². The molecule has 0 heterocycles. The molecular weight excluding hydrogens is 870 g/mol. The Bertz CT molecular complexity index is 1970. The van der Waals surface area contributed by atoms with Crippen molar-refractivity contribution in [1.82, 2.24) is 0 Å². The maximum atomic E-state index is 15.6. The zero-order valence-electron chi connectivity index (χ0n) is 26.5. The van der Waals surface area contributed by atoms with E-state index in [9.17, 15) is 0 Å². The van der Waals surface area contributed by atoms with Gasteiger partial charge in [-0.25, -0.2) is 0 Å². The maximum Gasteiger partial charge on any atom is 0.174 e. The van der Waals surface area contributed by atoms with Gasteiger partial charge in [-0.2, -0.15) is 0 Å². The van der Waals surface area contributed by atoms with E-state index in [1.807, 2.05) is 104 Å². The predicted octanol–water partition coefficient (Wildman–Crippen LogP) is 11.8. The molecule has 236 valence electrons. The minimum absolute atomic E-state index is 0.247. The highest BCUT2D eigenvalue weighted by molar-refractivity contribution is 9.11. The fourth-order valence-corrected chi connectivity index (χ4v) is 14.4. The Morgan fingerprint density at radius 2 is 0.826 bits per heavy atom. The van der Waals surface area contributed by atoms with Crippen LogP contribution in [0, 0.1) is 16.2 Å². The van der Waals surface area contributed by atoms with E-state index < -0.39 is 14.3 Å². The lowest BCUT2D eigenvalue weighted by Gasteiger charge is -2.21. The lowest BCUT2D eigenvalue weighted by molar-refractivity contribution is 0.451. The Hall–Kier alpha value is -1.48. The minimum atomic E-state index is -3.21. The largest absolute Gasteiger partial charge is 0.309 e. The fourth-order valence-electron chi connectivity index (χ4n) is 7.91. The van der Waals surface area contributed by atoms with E-state index >= 15 is 9.13 Å². The van der Waals surface area contributed by atoms with Crippen molar-refractivity contribution in [2.75, 3.05) is 0 Å². The molecule has 0 N–H and O–H groups in total. The van der Waals surface area contributed by atoms with Crippen LogP contribution in [-0.4, -0.2) is 0 Å². The molecule has 46 heavy (non-hydrogen) atoms. The fraction of sp³-hybridized carbons (Fsp3) is 0.237. The molecule has 2 aliphatic rings. The second-order valence-corrected chi connectivity index (χ2v) is 22.7. The van der Waals surface area contributed by atoms with Crippen LogP contribution in [0.1, 0.15) is 41.5 Å². The molecule has 0 aromatic heterocycles. The number of hydrogen-bond donors (Lipinski definition) is 0. The Kier molecular flexibility index (Phi) is 8.85. The van der Waals surface area contributed by atoms with Gasteiger partial charge in [0, 0.05) is 60.7 Å². The summed E-state index contributed by atoms with van der Waals surface area (Å²) in [6.07, 6.45) is 0. The van der Waals surface area contributed by atoms with Crippen LogP contribution in [-0.2, 0) is 9.13 Å². The van der Waals surface area contributed by atoms with Gasteiger partial charge in [-0.15, -0.1) is 5.73 Å². The smallest absolute Gasteiger partial charge is 0.174 e. The van der Waals surface area contributed by atoms with Crippen LogP contribution in [0.5, 0.6) is 0 Å². The van der Waals surface area contributed by atoms with E-state index in [0.717, 1.165) is 55.3 Å². The van der Waals surface area contributed by atoms with Crippen LogP contribution in [0.25, 0.3) is 0 Å². The zero-order chi connectivity index (χ0) is 33.4. The lowest BCUT2D eigenvalue weighted by Crippen LogP contribution is -2.17. The maximum absolute atomic E-state index is 15.6. The highest BCUT2D eigenvalue weighted by Gasteiger charge is 2.88. The molecule has 0 unspecified atom stereocenters. The molecule has 2 saturated carbocycles. The topological polar surface area (TPSA) is 34.1 Å². The summed E-state index contributed by atoms with van der Waals surface area (Å²) in [7, 11) is -6.41. The van der Waals surface area contributed by atoms with Crippen molar-refractivity contribution >= 4 is 99.2 Å². The first-order chi connectivity index (χ1) is 21.5. The van der Waals surface area contributed by atoms with Crippen molar-refractivity contribution in [2.45, 2.75) is 41.5 Å². The van der Waals surface area contributed by atoms with Gasteiger partial charge in [0.2, 0.25) is 0 Å². The summed E-state index contributed by atoms with van der Waals surface area (Å²) in [6, 6.07) is 31.3. The molecule has 2 aliphatic carbocycles. The van der Waals surface area contributed by atoms with Gasteiger partial charge in [0.05, 0.1) is 0 Å². The second-order valence-electron chi connectivity index (χ2n) is 13.2. The van der Waals surface area contributed by atoms with Crippen LogP contribution in [0.4, 0.5) is 0 Å². The third kappa shape index (κ3) is 5.05. The number of rotatable bonds is 6. The average molecular weight is 904 g/mol. The van der Waals surface area contributed by atoms with Crippen molar-refractivity contribution in [3.05, 3.63) is 142 Å². The van der Waals surface area contributed by atoms with Crippen LogP contribution in [0.2, 0.25) is 0 Å². The van der Waals surface area contributed by atoms with Crippen molar-refractivity contribution in [1.29, 1.82) is 0 Å². The summed E-state index contributed by atoms with van der Waals surface area (Å²) >= 11 is 14.2. The van der Waals surface area contributed by atoms with Crippen LogP contribution < -0.4 is 21.2 Å². The normalized spacial score (nSPS) is 20.7. The minimum Gasteiger partial charge on any atom is -0.309 e. The third-order valence-corrected chi connectivity index (χ3v) is 18.6. The number of halogens is 4. The van der Waals surface area contributed by atoms with Gasteiger partial charge in [0.1, 0.15) is 0 Å². The molecule has 0 amide bonds. The highest BCUT2D eigenvalue weighted by atomic mass is 79.9. The first-order valence-corrected chi connectivity index (χ1v) is 21.6. The average Bonchev–Trinajstić information content (AvgIpc) is 3.75. The molecular formula is C38H34Br4O2P2. The first-order valence-electron chi connectivity index (χ1n) is 15.0. The van der Waals surface area contributed by atoms with Gasteiger partial charge >= 0.3 is 0 Å². The number of allylic oxidation sites excluding steroid dienone is 3. The van der Waals surface area contributed by atoms with E-state index in [1.54, 1.807) is 0 Å². The quantitative estimate of drug-likeness (QED) is 0.143. The van der Waals surface area contributed by atoms with E-state index in [0.29, 0.717) is 0 Å². The molecule has 0 bridgehead atoms. The van der Waals surface area contributed by atoms with Crippen molar-refractivity contribution < 1.29 is 9.13 Å². The van der Waals surface area contributed by atoms with E-state index in [4.69, 9.17) is 0 Å². The number of hydrogen-bond acceptors (Lipinski definition) is 2. The summed E-state index contributed by atoms with van der Waals surface area (Å²) in [5, 5.41) is 4.81. The summed E-state index contributed by atoms with van der Waals surface area (Å²) in [5.74, 6) is 0. The molecule has 1 atom stereocenters. The van der Waals surface area contributed by atoms with Crippen molar-refractivity contribution in [2.24, 2.45) is 16.2 Å². The molecule has 4 aromatic rings. The van der Waals surface area contributed by atoms with Gasteiger partial charge in [-0.05, 0) is 127 Å². The molecule has 8 heteroatoms. The van der Waals surface area contributed by atoms with Crippen LogP contribution >= 0.6 is 78.0 Å². The lowest BCUT2D eigenvalue weighted by atomic mass is 10.0. The predicted molar refractivity (Wildman–Crippen MR) is 209 cm³/mol. The van der Waals surface area contributed by atoms with Gasteiger partial charge in [0.25, 0.3) is 0 Å². The summed E-state index contributed by atoms with van der Waals surface area (Å²) in [6.45, 7) is 13.0. The molecule has 0 radical (unpaired) electrons.